The van der Waals surface area contributed by atoms with E-state index in [0.29, 0.717) is 10.7 Å². The second-order valence-electron chi connectivity index (χ2n) is 5.28. The molecule has 1 amide bonds. The monoisotopic (exact) mass is 433 g/mol. The Bertz CT molecular complexity index is 839. The highest BCUT2D eigenvalue weighted by Crippen LogP contribution is 2.26. The minimum absolute atomic E-state index is 0.182. The number of carbonyl (C=O) groups is 1. The smallest absolute Gasteiger partial charge is 0.257 e. The predicted octanol–water partition coefficient (Wildman–Crippen LogP) is 5.28. The molecule has 0 aliphatic carbocycles. The summed E-state index contributed by atoms with van der Waals surface area (Å²) in [7, 11) is 0. The lowest BCUT2D eigenvalue weighted by molar-refractivity contribution is 0.102. The van der Waals surface area contributed by atoms with E-state index < -0.39 is 0 Å². The molecule has 0 radical (unpaired) electrons. The molecule has 0 spiro atoms. The van der Waals surface area contributed by atoms with E-state index in [1.807, 2.05) is 18.2 Å². The number of benzene rings is 2. The highest BCUT2D eigenvalue weighted by molar-refractivity contribution is 9.10. The topological polar surface area (TPSA) is 54.9 Å². The van der Waals surface area contributed by atoms with Gasteiger partial charge in [0.2, 0.25) is 5.13 Å². The van der Waals surface area contributed by atoms with E-state index in [0.717, 1.165) is 27.4 Å². The van der Waals surface area contributed by atoms with Gasteiger partial charge in [-0.2, -0.15) is 0 Å². The van der Waals surface area contributed by atoms with E-state index in [4.69, 9.17) is 0 Å². The van der Waals surface area contributed by atoms with Crippen LogP contribution in [0.4, 0.5) is 5.13 Å². The van der Waals surface area contributed by atoms with E-state index in [9.17, 15) is 4.79 Å². The fourth-order valence-corrected chi connectivity index (χ4v) is 4.35. The summed E-state index contributed by atoms with van der Waals surface area (Å²) in [5, 5.41) is 11.5. The Morgan fingerprint density at radius 3 is 2.76 bits per heavy atom. The van der Waals surface area contributed by atoms with Gasteiger partial charge in [-0.1, -0.05) is 75.4 Å². The van der Waals surface area contributed by atoms with Gasteiger partial charge < -0.3 is 0 Å². The molecular weight excluding hydrogens is 418 g/mol. The van der Waals surface area contributed by atoms with E-state index in [1.165, 1.54) is 16.9 Å². The lowest BCUT2D eigenvalue weighted by atomic mass is 10.1. The number of nitrogens with zero attached hydrogens (tertiary/aromatic N) is 2. The molecule has 3 aromatic rings. The van der Waals surface area contributed by atoms with Crippen LogP contribution in [-0.2, 0) is 6.42 Å². The van der Waals surface area contributed by atoms with Crippen LogP contribution in [0.5, 0.6) is 0 Å². The van der Waals surface area contributed by atoms with Gasteiger partial charge >= 0.3 is 0 Å². The molecule has 128 valence electrons. The second-order valence-corrected chi connectivity index (χ2v) is 8.51. The largest absolute Gasteiger partial charge is 0.296 e. The summed E-state index contributed by atoms with van der Waals surface area (Å²) < 4.78 is 1.74. The van der Waals surface area contributed by atoms with Crippen LogP contribution < -0.4 is 5.32 Å². The molecule has 2 aromatic carbocycles. The number of anilines is 1. The van der Waals surface area contributed by atoms with E-state index >= 15 is 0 Å². The summed E-state index contributed by atoms with van der Waals surface area (Å²) in [4.78, 5) is 12.2. The van der Waals surface area contributed by atoms with Crippen LogP contribution in [0.2, 0.25) is 0 Å². The maximum absolute atomic E-state index is 12.2. The molecule has 0 saturated carbocycles. The van der Waals surface area contributed by atoms with Crippen molar-refractivity contribution in [2.24, 2.45) is 0 Å². The first-order valence-electron chi connectivity index (χ1n) is 7.78. The minimum Gasteiger partial charge on any atom is -0.296 e. The fourth-order valence-electron chi connectivity index (χ4n) is 2.20. The van der Waals surface area contributed by atoms with Crippen LogP contribution >= 0.6 is 39.0 Å². The van der Waals surface area contributed by atoms with Gasteiger partial charge in [-0.3, -0.25) is 10.1 Å². The Morgan fingerprint density at radius 2 is 1.96 bits per heavy atom. The third kappa shape index (κ3) is 5.66. The molecule has 4 nitrogen and oxygen atoms in total. The number of carbonyl (C=O) groups excluding carboxylic acids is 1. The second kappa shape index (κ2) is 9.12. The maximum Gasteiger partial charge on any atom is 0.257 e. The Labute approximate surface area is 163 Å². The summed E-state index contributed by atoms with van der Waals surface area (Å²) in [5.74, 6) is 0.793. The maximum atomic E-state index is 12.2. The summed E-state index contributed by atoms with van der Waals surface area (Å²) in [5.41, 5.74) is 1.93. The third-order valence-corrected chi connectivity index (χ3v) is 5.94. The summed E-state index contributed by atoms with van der Waals surface area (Å²) in [6.45, 7) is 0. The van der Waals surface area contributed by atoms with Crippen molar-refractivity contribution < 1.29 is 4.79 Å². The molecule has 0 bridgehead atoms. The number of nitrogens with one attached hydrogen (secondary N) is 1. The quantitative estimate of drug-likeness (QED) is 0.312. The molecule has 3 rings (SSSR count). The van der Waals surface area contributed by atoms with Crippen LogP contribution in [0.3, 0.4) is 0 Å². The van der Waals surface area contributed by atoms with E-state index in [1.54, 1.807) is 23.9 Å². The average molecular weight is 434 g/mol. The van der Waals surface area contributed by atoms with Crippen molar-refractivity contribution in [3.63, 3.8) is 0 Å². The average Bonchev–Trinajstić information content (AvgIpc) is 3.07. The van der Waals surface area contributed by atoms with Gasteiger partial charge in [-0.25, -0.2) is 0 Å². The molecule has 0 unspecified atom stereocenters. The minimum atomic E-state index is -0.182. The van der Waals surface area contributed by atoms with Gasteiger partial charge in [0.25, 0.3) is 5.91 Å². The van der Waals surface area contributed by atoms with Gasteiger partial charge in [0, 0.05) is 15.8 Å². The molecule has 0 aliphatic heterocycles. The van der Waals surface area contributed by atoms with Crippen molar-refractivity contribution in [1.82, 2.24) is 10.2 Å². The zero-order valence-electron chi connectivity index (χ0n) is 13.3. The van der Waals surface area contributed by atoms with Crippen molar-refractivity contribution in [3.8, 4) is 0 Å². The zero-order valence-corrected chi connectivity index (χ0v) is 16.5. The van der Waals surface area contributed by atoms with Crippen LogP contribution in [-0.4, -0.2) is 21.9 Å². The Hall–Kier alpha value is -1.70. The normalized spacial score (nSPS) is 10.6. The predicted molar refractivity (Wildman–Crippen MR) is 107 cm³/mol. The SMILES string of the molecule is O=C(Nc1nnc(SCCCc2ccccc2)s1)c1cccc(Br)c1. The fraction of sp³-hybridized carbons (Fsp3) is 0.167. The van der Waals surface area contributed by atoms with Gasteiger partial charge in [0.05, 0.1) is 0 Å². The highest BCUT2D eigenvalue weighted by atomic mass is 79.9. The number of rotatable bonds is 7. The third-order valence-electron chi connectivity index (χ3n) is 3.39. The molecular formula is C18H16BrN3OS2. The molecule has 25 heavy (non-hydrogen) atoms. The molecule has 1 heterocycles. The van der Waals surface area contributed by atoms with Crippen molar-refractivity contribution in [2.45, 2.75) is 17.2 Å². The van der Waals surface area contributed by atoms with Crippen molar-refractivity contribution in [3.05, 3.63) is 70.2 Å². The summed E-state index contributed by atoms with van der Waals surface area (Å²) in [6.07, 6.45) is 2.13. The molecule has 0 atom stereocenters. The first kappa shape index (κ1) is 18.1. The first-order valence-corrected chi connectivity index (χ1v) is 10.4. The Kier molecular flexibility index (Phi) is 6.61. The highest BCUT2D eigenvalue weighted by Gasteiger charge is 2.10. The van der Waals surface area contributed by atoms with Crippen molar-refractivity contribution >= 4 is 50.1 Å². The number of amides is 1. The van der Waals surface area contributed by atoms with Crippen LogP contribution in [0.15, 0.2) is 63.4 Å². The van der Waals surface area contributed by atoms with Gasteiger partial charge in [0.1, 0.15) is 0 Å². The van der Waals surface area contributed by atoms with Crippen LogP contribution in [0, 0.1) is 0 Å². The summed E-state index contributed by atoms with van der Waals surface area (Å²) >= 11 is 6.44. The summed E-state index contributed by atoms with van der Waals surface area (Å²) in [6, 6.07) is 17.7. The number of aryl methyl sites for hydroxylation is 1. The number of aromatic nitrogens is 2. The number of hydrogen-bond donors (Lipinski definition) is 1. The first-order chi connectivity index (χ1) is 12.2. The lowest BCUT2D eigenvalue weighted by Gasteiger charge is -2.01. The van der Waals surface area contributed by atoms with Crippen molar-refractivity contribution in [1.29, 1.82) is 0 Å². The number of hydrogen-bond acceptors (Lipinski definition) is 5. The van der Waals surface area contributed by atoms with Crippen LogP contribution in [0.1, 0.15) is 22.3 Å². The molecule has 0 fully saturated rings. The Morgan fingerprint density at radius 1 is 1.12 bits per heavy atom. The number of halogens is 1. The van der Waals surface area contributed by atoms with Gasteiger partial charge in [-0.05, 0) is 36.6 Å². The lowest BCUT2D eigenvalue weighted by Crippen LogP contribution is -2.11. The standard InChI is InChI=1S/C18H16BrN3OS2/c19-15-10-4-9-14(12-15)16(23)20-17-21-22-18(25-17)24-11-5-8-13-6-2-1-3-7-13/h1-4,6-7,9-10,12H,5,8,11H2,(H,20,21,23). The molecule has 7 heteroatoms. The van der Waals surface area contributed by atoms with Gasteiger partial charge in [0.15, 0.2) is 4.34 Å². The van der Waals surface area contributed by atoms with Gasteiger partial charge in [-0.15, -0.1) is 10.2 Å². The van der Waals surface area contributed by atoms with Crippen molar-refractivity contribution in [2.75, 3.05) is 11.1 Å². The Balaban J connectivity index is 1.46. The van der Waals surface area contributed by atoms with Crippen LogP contribution in [0.25, 0.3) is 0 Å². The molecule has 1 N–H and O–H groups in total. The molecule has 1 aromatic heterocycles. The van der Waals surface area contributed by atoms with E-state index in [-0.39, 0.29) is 5.91 Å². The van der Waals surface area contributed by atoms with E-state index in [2.05, 4.69) is 55.7 Å². The number of thioether (sulfide) groups is 1. The molecule has 0 saturated heterocycles. The zero-order chi connectivity index (χ0) is 17.5. The molecule has 0 aliphatic rings.